The van der Waals surface area contributed by atoms with E-state index in [0.29, 0.717) is 29.5 Å². The monoisotopic (exact) mass is 521 g/mol. The summed E-state index contributed by atoms with van der Waals surface area (Å²) in [5, 5.41) is 10.0. The van der Waals surface area contributed by atoms with Crippen LogP contribution in [0.1, 0.15) is 60.0 Å². The van der Waals surface area contributed by atoms with Gasteiger partial charge in [-0.1, -0.05) is 54.1 Å². The summed E-state index contributed by atoms with van der Waals surface area (Å²) in [7, 11) is 0. The topological polar surface area (TPSA) is 70.2 Å². The van der Waals surface area contributed by atoms with E-state index in [1.165, 1.54) is 12.1 Å². The molecule has 0 bridgehead atoms. The number of unbranched alkanes of at least 4 members (excludes halogenated alkanes) is 1. The van der Waals surface area contributed by atoms with Crippen molar-refractivity contribution >= 4 is 23.4 Å². The van der Waals surface area contributed by atoms with Gasteiger partial charge in [-0.3, -0.25) is 9.59 Å². The van der Waals surface area contributed by atoms with Crippen LogP contribution in [0.5, 0.6) is 0 Å². The fraction of sp³-hybridized carbons (Fsp3) is 0.333. The molecule has 4 rings (SSSR count). The molecule has 3 atom stereocenters. The summed E-state index contributed by atoms with van der Waals surface area (Å²) in [6, 6.07) is 22.4. The highest BCUT2D eigenvalue weighted by atomic mass is 35.5. The molecule has 1 saturated carbocycles. The summed E-state index contributed by atoms with van der Waals surface area (Å²) in [6.07, 6.45) is 3.18. The molecule has 37 heavy (non-hydrogen) atoms. The van der Waals surface area contributed by atoms with Crippen LogP contribution in [0.25, 0.3) is 0 Å². The van der Waals surface area contributed by atoms with E-state index in [1.54, 1.807) is 24.3 Å². The van der Waals surface area contributed by atoms with Crippen molar-refractivity contribution in [1.82, 2.24) is 16.0 Å². The molecular formula is C30H33ClFN3O2. The molecule has 194 valence electrons. The van der Waals surface area contributed by atoms with Gasteiger partial charge in [0, 0.05) is 28.6 Å². The lowest BCUT2D eigenvalue weighted by atomic mass is 10.1. The maximum Gasteiger partial charge on any atom is 0.251 e. The number of rotatable bonds is 12. The highest BCUT2D eigenvalue weighted by Crippen LogP contribution is 2.51. The summed E-state index contributed by atoms with van der Waals surface area (Å²) >= 11 is 5.94. The molecule has 2 amide bonds. The third-order valence-electron chi connectivity index (χ3n) is 7.00. The maximum atomic E-state index is 13.2. The van der Waals surface area contributed by atoms with E-state index in [1.807, 2.05) is 42.5 Å². The van der Waals surface area contributed by atoms with Crippen LogP contribution in [0, 0.1) is 5.82 Å². The molecule has 0 aromatic heterocycles. The van der Waals surface area contributed by atoms with E-state index in [-0.39, 0.29) is 23.2 Å². The van der Waals surface area contributed by atoms with Gasteiger partial charge in [0.1, 0.15) is 11.9 Å². The van der Waals surface area contributed by atoms with Gasteiger partial charge in [0.05, 0.1) is 0 Å². The molecule has 0 heterocycles. The van der Waals surface area contributed by atoms with Crippen molar-refractivity contribution in [1.29, 1.82) is 0 Å². The number of halogens is 2. The number of nitrogens with one attached hydrogen (secondary N) is 3. The number of amides is 2. The summed E-state index contributed by atoms with van der Waals surface area (Å²) in [6.45, 7) is 3.39. The SMILES string of the molecule is CC1(NCCCCC(NC(=O)c2ccc(Cl)cc2)C(=O)NCc2ccccc2)CC1c1ccc(F)cc1. The highest BCUT2D eigenvalue weighted by molar-refractivity contribution is 6.30. The molecular weight excluding hydrogens is 489 g/mol. The predicted octanol–water partition coefficient (Wildman–Crippen LogP) is 5.60. The largest absolute Gasteiger partial charge is 0.350 e. The Morgan fingerprint density at radius 1 is 1.00 bits per heavy atom. The molecule has 7 heteroatoms. The molecule has 5 nitrogen and oxygen atoms in total. The van der Waals surface area contributed by atoms with Crippen molar-refractivity contribution in [2.45, 2.75) is 56.7 Å². The first kappa shape index (κ1) is 26.8. The van der Waals surface area contributed by atoms with Crippen LogP contribution in [-0.2, 0) is 11.3 Å². The number of carbonyl (C=O) groups excluding carboxylic acids is 2. The quantitative estimate of drug-likeness (QED) is 0.272. The van der Waals surface area contributed by atoms with Gasteiger partial charge in [-0.15, -0.1) is 0 Å². The van der Waals surface area contributed by atoms with Gasteiger partial charge in [-0.2, -0.15) is 0 Å². The van der Waals surface area contributed by atoms with Crippen LogP contribution in [0.15, 0.2) is 78.9 Å². The standard InChI is InChI=1S/C30H33ClFN3O2/c1-30(19-26(30)22-12-16-25(32)17-13-22)34-18-6-5-9-27(29(37)33-20-21-7-3-2-4-8-21)35-28(36)23-10-14-24(31)15-11-23/h2-4,7-8,10-17,26-27,34H,5-6,9,18-20H2,1H3,(H,33,37)(H,35,36). The lowest BCUT2D eigenvalue weighted by molar-refractivity contribution is -0.123. The Bertz CT molecular complexity index is 1190. The minimum atomic E-state index is -0.643. The highest BCUT2D eigenvalue weighted by Gasteiger charge is 2.50. The van der Waals surface area contributed by atoms with E-state index < -0.39 is 6.04 Å². The zero-order valence-corrected chi connectivity index (χ0v) is 21.7. The number of hydrogen-bond donors (Lipinski definition) is 3. The predicted molar refractivity (Wildman–Crippen MR) is 145 cm³/mol. The first-order valence-electron chi connectivity index (χ1n) is 12.7. The van der Waals surface area contributed by atoms with Gasteiger partial charge >= 0.3 is 0 Å². The molecule has 3 aromatic rings. The second kappa shape index (κ2) is 12.3. The van der Waals surface area contributed by atoms with Gasteiger partial charge in [-0.25, -0.2) is 4.39 Å². The van der Waals surface area contributed by atoms with E-state index in [9.17, 15) is 14.0 Å². The average molecular weight is 522 g/mol. The van der Waals surface area contributed by atoms with E-state index >= 15 is 0 Å². The zero-order chi connectivity index (χ0) is 26.3. The first-order chi connectivity index (χ1) is 17.8. The molecule has 3 aromatic carbocycles. The Labute approximate surface area is 222 Å². The van der Waals surface area contributed by atoms with Gasteiger partial charge in [0.25, 0.3) is 5.91 Å². The first-order valence-corrected chi connectivity index (χ1v) is 13.1. The molecule has 0 radical (unpaired) electrons. The van der Waals surface area contributed by atoms with Crippen molar-refractivity contribution in [2.24, 2.45) is 0 Å². The number of benzene rings is 3. The average Bonchev–Trinajstić information content (AvgIpc) is 3.58. The van der Waals surface area contributed by atoms with Gasteiger partial charge in [0.15, 0.2) is 0 Å². The van der Waals surface area contributed by atoms with Crippen molar-refractivity contribution in [3.05, 3.63) is 106 Å². The minimum absolute atomic E-state index is 0.00703. The number of hydrogen-bond acceptors (Lipinski definition) is 3. The molecule has 0 spiro atoms. The van der Waals surface area contributed by atoms with E-state index in [4.69, 9.17) is 11.6 Å². The molecule has 1 aliphatic carbocycles. The normalized spacial score (nSPS) is 19.2. The Morgan fingerprint density at radius 3 is 2.41 bits per heavy atom. The summed E-state index contributed by atoms with van der Waals surface area (Å²) < 4.78 is 13.2. The van der Waals surface area contributed by atoms with Gasteiger partial charge in [-0.05, 0) is 86.7 Å². The Balaban J connectivity index is 1.27. The second-order valence-corrected chi connectivity index (χ2v) is 10.3. The Kier molecular flexibility index (Phi) is 8.95. The smallest absolute Gasteiger partial charge is 0.251 e. The zero-order valence-electron chi connectivity index (χ0n) is 21.0. The lowest BCUT2D eigenvalue weighted by Gasteiger charge is -2.19. The van der Waals surface area contributed by atoms with Gasteiger partial charge in [0.2, 0.25) is 5.91 Å². The van der Waals surface area contributed by atoms with Crippen molar-refractivity contribution in [2.75, 3.05) is 6.54 Å². The van der Waals surface area contributed by atoms with Crippen LogP contribution in [0.4, 0.5) is 4.39 Å². The van der Waals surface area contributed by atoms with Crippen molar-refractivity contribution in [3.63, 3.8) is 0 Å². The lowest BCUT2D eigenvalue weighted by Crippen LogP contribution is -2.46. The van der Waals surface area contributed by atoms with Crippen molar-refractivity contribution in [3.8, 4) is 0 Å². The Morgan fingerprint density at radius 2 is 1.70 bits per heavy atom. The van der Waals surface area contributed by atoms with Gasteiger partial charge < -0.3 is 16.0 Å². The summed E-state index contributed by atoms with van der Waals surface area (Å²) in [4.78, 5) is 25.8. The second-order valence-electron chi connectivity index (χ2n) is 9.88. The van der Waals surface area contributed by atoms with Crippen LogP contribution in [-0.4, -0.2) is 29.9 Å². The third kappa shape index (κ3) is 7.63. The van der Waals surface area contributed by atoms with Crippen LogP contribution < -0.4 is 16.0 Å². The van der Waals surface area contributed by atoms with Crippen LogP contribution >= 0.6 is 11.6 Å². The molecule has 1 aliphatic rings. The summed E-state index contributed by atoms with van der Waals surface area (Å²) in [5.74, 6) is -0.347. The van der Waals surface area contributed by atoms with E-state index in [2.05, 4.69) is 22.9 Å². The van der Waals surface area contributed by atoms with Crippen LogP contribution in [0.2, 0.25) is 5.02 Å². The minimum Gasteiger partial charge on any atom is -0.350 e. The molecule has 0 saturated heterocycles. The molecule has 0 aliphatic heterocycles. The fourth-order valence-corrected chi connectivity index (χ4v) is 4.73. The Hall–Kier alpha value is -3.22. The number of carbonyl (C=O) groups is 2. The molecule has 3 unspecified atom stereocenters. The maximum absolute atomic E-state index is 13.2. The molecule has 1 fully saturated rings. The third-order valence-corrected chi connectivity index (χ3v) is 7.25. The van der Waals surface area contributed by atoms with Crippen molar-refractivity contribution < 1.29 is 14.0 Å². The molecule has 3 N–H and O–H groups in total. The van der Waals surface area contributed by atoms with E-state index in [0.717, 1.165) is 36.9 Å². The fourth-order valence-electron chi connectivity index (χ4n) is 4.61. The summed E-state index contributed by atoms with van der Waals surface area (Å²) in [5.41, 5.74) is 2.61. The van der Waals surface area contributed by atoms with Crippen LogP contribution in [0.3, 0.4) is 0 Å².